The summed E-state index contributed by atoms with van der Waals surface area (Å²) in [4.78, 5) is 10.1. The Morgan fingerprint density at radius 1 is 0.474 bits per heavy atom. The van der Waals surface area contributed by atoms with Gasteiger partial charge in [-0.2, -0.15) is 0 Å². The van der Waals surface area contributed by atoms with Crippen molar-refractivity contribution in [2.75, 3.05) is 0 Å². The minimum absolute atomic E-state index is 0.238. The molecule has 1 unspecified atom stereocenters. The van der Waals surface area contributed by atoms with Crippen molar-refractivity contribution < 1.29 is 4.42 Å². The van der Waals surface area contributed by atoms with Gasteiger partial charge < -0.3 is 14.3 Å². The van der Waals surface area contributed by atoms with Gasteiger partial charge in [0.05, 0.1) is 11.0 Å². The lowest BCUT2D eigenvalue weighted by atomic mass is 10.0. The van der Waals surface area contributed by atoms with Crippen LogP contribution in [0.15, 0.2) is 196 Å². The second kappa shape index (κ2) is 12.6. The van der Waals surface area contributed by atoms with Gasteiger partial charge >= 0.3 is 0 Å². The molecule has 0 saturated heterocycles. The van der Waals surface area contributed by atoms with E-state index in [0.29, 0.717) is 0 Å². The van der Waals surface area contributed by atoms with Gasteiger partial charge in [0.2, 0.25) is 0 Å². The van der Waals surface area contributed by atoms with Gasteiger partial charge in [-0.1, -0.05) is 115 Å². The van der Waals surface area contributed by atoms with E-state index in [1.807, 2.05) is 35.6 Å². The maximum Gasteiger partial charge on any atom is 0.159 e. The average molecular weight is 749 g/mol. The standard InChI is InChI=1S/C51H32N4OS/c1-3-11-31(12-4-1)49-52-50(32-13-5-2-6-14-32)54-51(53-49)35-21-26-47-42(27-35)40-24-20-34(29-48(40)57-47)33-19-23-39-41-30-36(22-25-45(41)56-46(39)28-33)55-43-17-9-7-15-37(43)38-16-8-10-18-44(38)55/h1-30,49H,(H,52,53,54). The fraction of sp³-hybridized carbons (Fsp3) is 0.0196. The molecule has 0 fully saturated rings. The van der Waals surface area contributed by atoms with Crippen molar-refractivity contribution in [2.45, 2.75) is 6.17 Å². The third-order valence-electron chi connectivity index (χ3n) is 11.3. The third-order valence-corrected chi connectivity index (χ3v) is 12.4. The smallest absolute Gasteiger partial charge is 0.159 e. The number of aliphatic imine (C=N–C) groups is 2. The molecule has 3 aromatic heterocycles. The number of nitrogens with one attached hydrogen (secondary N) is 1. The first-order chi connectivity index (χ1) is 28.2. The Morgan fingerprint density at radius 2 is 1.16 bits per heavy atom. The highest BCUT2D eigenvalue weighted by Crippen LogP contribution is 2.40. The summed E-state index contributed by atoms with van der Waals surface area (Å²) in [5.74, 6) is 1.54. The van der Waals surface area contributed by atoms with Crippen LogP contribution in [0.1, 0.15) is 22.9 Å². The van der Waals surface area contributed by atoms with Crippen LogP contribution < -0.4 is 5.32 Å². The predicted octanol–water partition coefficient (Wildman–Crippen LogP) is 13.2. The molecular weight excluding hydrogens is 717 g/mol. The Kier molecular flexibility index (Phi) is 7.09. The zero-order valence-corrected chi connectivity index (χ0v) is 31.4. The first-order valence-electron chi connectivity index (χ1n) is 19.2. The second-order valence-electron chi connectivity index (χ2n) is 14.6. The molecule has 0 spiro atoms. The van der Waals surface area contributed by atoms with Crippen LogP contribution in [0.5, 0.6) is 0 Å². The van der Waals surface area contributed by atoms with E-state index < -0.39 is 0 Å². The summed E-state index contributed by atoms with van der Waals surface area (Å²) in [6, 6.07) is 64.4. The number of benzene rings is 8. The first-order valence-corrected chi connectivity index (χ1v) is 20.0. The van der Waals surface area contributed by atoms with Gasteiger partial charge in [-0.05, 0) is 83.4 Å². The summed E-state index contributed by atoms with van der Waals surface area (Å²) in [6.07, 6.45) is -0.238. The highest BCUT2D eigenvalue weighted by molar-refractivity contribution is 7.25. The Balaban J connectivity index is 0.902. The summed E-state index contributed by atoms with van der Waals surface area (Å²) >= 11 is 1.82. The zero-order chi connectivity index (χ0) is 37.5. The van der Waals surface area contributed by atoms with Crippen molar-refractivity contribution in [3.05, 3.63) is 199 Å². The largest absolute Gasteiger partial charge is 0.456 e. The predicted molar refractivity (Wildman–Crippen MR) is 238 cm³/mol. The van der Waals surface area contributed by atoms with E-state index in [1.54, 1.807) is 0 Å². The van der Waals surface area contributed by atoms with Crippen LogP contribution in [-0.4, -0.2) is 16.2 Å². The van der Waals surface area contributed by atoms with Gasteiger partial charge in [-0.15, -0.1) is 11.3 Å². The molecule has 5 nitrogen and oxygen atoms in total. The molecule has 1 aliphatic heterocycles. The summed E-state index contributed by atoms with van der Waals surface area (Å²) in [7, 11) is 0. The van der Waals surface area contributed by atoms with E-state index in [9.17, 15) is 0 Å². The van der Waals surface area contributed by atoms with Crippen LogP contribution >= 0.6 is 11.3 Å². The minimum atomic E-state index is -0.238. The van der Waals surface area contributed by atoms with Crippen molar-refractivity contribution >= 4 is 86.9 Å². The number of rotatable bonds is 5. The van der Waals surface area contributed by atoms with Gasteiger partial charge in [0.25, 0.3) is 0 Å². The second-order valence-corrected chi connectivity index (χ2v) is 15.7. The Labute approximate surface area is 331 Å². The molecule has 57 heavy (non-hydrogen) atoms. The molecule has 6 heteroatoms. The van der Waals surface area contributed by atoms with Crippen molar-refractivity contribution in [3.8, 4) is 16.8 Å². The van der Waals surface area contributed by atoms with Crippen LogP contribution in [0.3, 0.4) is 0 Å². The van der Waals surface area contributed by atoms with E-state index in [4.69, 9.17) is 14.4 Å². The molecule has 11 aromatic rings. The lowest BCUT2D eigenvalue weighted by Crippen LogP contribution is -2.33. The SMILES string of the molecule is c1ccc(C2=NC(c3ccccc3)NC(c3ccc4sc5cc(-c6ccc7c(c6)oc6ccc(-n8c9ccccc9c9ccccc98)cc67)ccc5c4c3)=N2)cc1. The first kappa shape index (κ1) is 32.0. The highest BCUT2D eigenvalue weighted by Gasteiger charge is 2.22. The summed E-state index contributed by atoms with van der Waals surface area (Å²) in [6.45, 7) is 0. The molecule has 8 aromatic carbocycles. The molecule has 1 N–H and O–H groups in total. The third kappa shape index (κ3) is 5.22. The molecule has 4 heterocycles. The summed E-state index contributed by atoms with van der Waals surface area (Å²) in [5, 5.41) is 10.8. The van der Waals surface area contributed by atoms with Crippen LogP contribution in [0, 0.1) is 0 Å². The lowest BCUT2D eigenvalue weighted by Gasteiger charge is -2.23. The van der Waals surface area contributed by atoms with Crippen LogP contribution in [0.2, 0.25) is 0 Å². The van der Waals surface area contributed by atoms with E-state index in [2.05, 4.69) is 168 Å². The normalized spacial score (nSPS) is 14.5. The summed E-state index contributed by atoms with van der Waals surface area (Å²) < 4.78 is 11.4. The average Bonchev–Trinajstić information content (AvgIpc) is 3.95. The molecule has 0 saturated carbocycles. The number of hydrogen-bond donors (Lipinski definition) is 1. The van der Waals surface area contributed by atoms with E-state index in [0.717, 1.165) is 67.1 Å². The van der Waals surface area contributed by atoms with Crippen LogP contribution in [0.25, 0.3) is 80.7 Å². The minimum Gasteiger partial charge on any atom is -0.456 e. The van der Waals surface area contributed by atoms with Gasteiger partial charge in [0, 0.05) is 58.5 Å². The molecule has 0 radical (unpaired) electrons. The maximum absolute atomic E-state index is 6.51. The van der Waals surface area contributed by atoms with E-state index in [1.165, 1.54) is 42.0 Å². The van der Waals surface area contributed by atoms with Crippen molar-refractivity contribution in [1.29, 1.82) is 0 Å². The molecule has 0 bridgehead atoms. The number of fused-ring (bicyclic) bond motifs is 9. The van der Waals surface area contributed by atoms with Crippen molar-refractivity contribution in [3.63, 3.8) is 0 Å². The van der Waals surface area contributed by atoms with Crippen molar-refractivity contribution in [2.24, 2.45) is 9.98 Å². The number of hydrogen-bond acceptors (Lipinski definition) is 5. The Morgan fingerprint density at radius 3 is 1.95 bits per heavy atom. The van der Waals surface area contributed by atoms with Gasteiger partial charge in [-0.25, -0.2) is 9.98 Å². The molecular formula is C51H32N4OS. The van der Waals surface area contributed by atoms with Crippen LogP contribution in [-0.2, 0) is 0 Å². The van der Waals surface area contributed by atoms with Gasteiger partial charge in [0.15, 0.2) is 5.84 Å². The zero-order valence-electron chi connectivity index (χ0n) is 30.6. The van der Waals surface area contributed by atoms with Crippen LogP contribution in [0.4, 0.5) is 0 Å². The molecule has 12 rings (SSSR count). The van der Waals surface area contributed by atoms with E-state index >= 15 is 0 Å². The fourth-order valence-corrected chi connectivity index (χ4v) is 9.63. The number of thiophene rings is 1. The van der Waals surface area contributed by atoms with E-state index in [-0.39, 0.29) is 6.17 Å². The van der Waals surface area contributed by atoms with Crippen molar-refractivity contribution in [1.82, 2.24) is 9.88 Å². The number of para-hydroxylation sites is 2. The van der Waals surface area contributed by atoms with Gasteiger partial charge in [-0.3, -0.25) is 0 Å². The highest BCUT2D eigenvalue weighted by atomic mass is 32.1. The molecule has 0 amide bonds. The topological polar surface area (TPSA) is 54.8 Å². The Bertz CT molecular complexity index is 3390. The Hall–Kier alpha value is -7.28. The molecule has 268 valence electrons. The van der Waals surface area contributed by atoms with Gasteiger partial charge in [0.1, 0.15) is 23.2 Å². The number of nitrogens with zero attached hydrogens (tertiary/aromatic N) is 3. The maximum atomic E-state index is 6.51. The molecule has 0 aliphatic carbocycles. The lowest BCUT2D eigenvalue weighted by molar-refractivity contribution is 0.669. The molecule has 1 atom stereocenters. The molecule has 1 aliphatic rings. The number of aromatic nitrogens is 1. The number of furan rings is 1. The quantitative estimate of drug-likeness (QED) is 0.191. The monoisotopic (exact) mass is 748 g/mol. The fourth-order valence-electron chi connectivity index (χ4n) is 8.51. The number of amidine groups is 2. The summed E-state index contributed by atoms with van der Waals surface area (Å²) in [5.41, 5.74) is 10.7.